The number of nitrogens with zero attached hydrogens (tertiary/aromatic N) is 1. The van der Waals surface area contributed by atoms with E-state index in [1.54, 1.807) is 26.0 Å². The predicted molar refractivity (Wildman–Crippen MR) is 139 cm³/mol. The van der Waals surface area contributed by atoms with Gasteiger partial charge in [-0.2, -0.15) is 0 Å². The monoisotopic (exact) mass is 622 g/mol. The van der Waals surface area contributed by atoms with Crippen molar-refractivity contribution in [3.63, 3.8) is 0 Å². The molecule has 1 aliphatic rings. The van der Waals surface area contributed by atoms with E-state index >= 15 is 0 Å². The number of rotatable bonds is 6. The molecule has 1 atom stereocenters. The summed E-state index contributed by atoms with van der Waals surface area (Å²) in [5, 5.41) is 1.83. The molecule has 0 aliphatic carbocycles. The van der Waals surface area contributed by atoms with Crippen LogP contribution in [0.5, 0.6) is 0 Å². The minimum absolute atomic E-state index is 0.182. The minimum atomic E-state index is -1.35. The highest BCUT2D eigenvalue weighted by Crippen LogP contribution is 2.45. The van der Waals surface area contributed by atoms with Gasteiger partial charge in [-0.25, -0.2) is 4.79 Å². The van der Waals surface area contributed by atoms with Crippen molar-refractivity contribution >= 4 is 91.7 Å². The van der Waals surface area contributed by atoms with Gasteiger partial charge in [0.25, 0.3) is 17.7 Å². The smallest absolute Gasteiger partial charge is 0.330 e. The number of imide groups is 1. The summed E-state index contributed by atoms with van der Waals surface area (Å²) in [5.41, 5.74) is 1.87. The molecule has 0 saturated heterocycles. The number of halogens is 5. The lowest BCUT2D eigenvalue weighted by atomic mass is 10.0. The first kappa shape index (κ1) is 27.7. The maximum atomic E-state index is 13.1. The lowest BCUT2D eigenvalue weighted by Gasteiger charge is -2.27. The second-order valence-corrected chi connectivity index (χ2v) is 10.5. The molecule has 0 aromatic heterocycles. The van der Waals surface area contributed by atoms with Gasteiger partial charge in [0.1, 0.15) is 6.04 Å². The number of hydrogen-bond acceptors (Lipinski definition) is 5. The Hall–Kier alpha value is -1.84. The van der Waals surface area contributed by atoms with Gasteiger partial charge in [-0.05, 0) is 43.0 Å². The molecular weight excluding hydrogens is 606 g/mol. The molecule has 0 radical (unpaired) electrons. The van der Waals surface area contributed by atoms with Crippen LogP contribution in [0.2, 0.25) is 20.1 Å². The van der Waals surface area contributed by atoms with E-state index in [-0.39, 0.29) is 31.2 Å². The summed E-state index contributed by atoms with van der Waals surface area (Å²) in [4.78, 5) is 52.4. The molecule has 35 heavy (non-hydrogen) atoms. The number of fused-ring (bicyclic) bond motifs is 1. The highest BCUT2D eigenvalue weighted by Gasteiger charge is 2.48. The second-order valence-electron chi connectivity index (χ2n) is 8.18. The molecule has 0 fully saturated rings. The Morgan fingerprint density at radius 2 is 1.46 bits per heavy atom. The molecule has 1 N–H and O–H groups in total. The molecular formula is C23H19BrCl4N2O5. The maximum absolute atomic E-state index is 13.1. The third kappa shape index (κ3) is 5.04. The Labute approximate surface area is 230 Å². The van der Waals surface area contributed by atoms with E-state index < -0.39 is 42.3 Å². The van der Waals surface area contributed by atoms with Crippen LogP contribution in [0.15, 0.2) is 16.6 Å². The molecule has 0 saturated carbocycles. The predicted octanol–water partition coefficient (Wildman–Crippen LogP) is 6.48. The summed E-state index contributed by atoms with van der Waals surface area (Å²) in [5.74, 6) is -3.82. The van der Waals surface area contributed by atoms with Crippen LogP contribution in [0.25, 0.3) is 0 Å². The van der Waals surface area contributed by atoms with Gasteiger partial charge in [-0.15, -0.1) is 0 Å². The van der Waals surface area contributed by atoms with Crippen molar-refractivity contribution in [2.45, 2.75) is 33.7 Å². The minimum Gasteiger partial charge on any atom is -0.454 e. The summed E-state index contributed by atoms with van der Waals surface area (Å²) in [6.45, 7) is 6.34. The van der Waals surface area contributed by atoms with Crippen molar-refractivity contribution in [3.05, 3.63) is 58.9 Å². The molecule has 2 aromatic rings. The number of hydrogen-bond donors (Lipinski definition) is 1. The molecule has 3 amide bonds. The molecule has 186 valence electrons. The van der Waals surface area contributed by atoms with E-state index in [0.717, 1.165) is 15.6 Å². The topological polar surface area (TPSA) is 92.8 Å². The van der Waals surface area contributed by atoms with Gasteiger partial charge in [0.05, 0.1) is 31.2 Å². The van der Waals surface area contributed by atoms with Gasteiger partial charge < -0.3 is 10.1 Å². The molecule has 2 aromatic carbocycles. The van der Waals surface area contributed by atoms with Crippen molar-refractivity contribution in [1.82, 2.24) is 4.90 Å². The normalized spacial score (nSPS) is 13.8. The fourth-order valence-corrected chi connectivity index (χ4v) is 5.07. The zero-order valence-corrected chi connectivity index (χ0v) is 23.5. The van der Waals surface area contributed by atoms with Gasteiger partial charge in [0, 0.05) is 10.2 Å². The van der Waals surface area contributed by atoms with E-state index in [1.165, 1.54) is 0 Å². The molecule has 0 bridgehead atoms. The van der Waals surface area contributed by atoms with Crippen LogP contribution in [-0.2, 0) is 14.3 Å². The van der Waals surface area contributed by atoms with Gasteiger partial charge in [-0.1, -0.05) is 76.2 Å². The van der Waals surface area contributed by atoms with Crippen molar-refractivity contribution in [2.75, 3.05) is 11.9 Å². The lowest BCUT2D eigenvalue weighted by Crippen LogP contribution is -2.49. The molecule has 1 aliphatic heterocycles. The highest BCUT2D eigenvalue weighted by atomic mass is 79.9. The second kappa shape index (κ2) is 10.6. The molecule has 1 heterocycles. The Morgan fingerprint density at radius 1 is 0.943 bits per heavy atom. The number of carbonyl (C=O) groups excluding carboxylic acids is 4. The fraction of sp³-hybridized carbons (Fsp3) is 0.304. The van der Waals surface area contributed by atoms with Crippen LogP contribution in [0.1, 0.15) is 45.7 Å². The van der Waals surface area contributed by atoms with Crippen LogP contribution in [0.4, 0.5) is 5.69 Å². The van der Waals surface area contributed by atoms with Crippen molar-refractivity contribution in [1.29, 1.82) is 0 Å². The number of amides is 3. The van der Waals surface area contributed by atoms with Crippen LogP contribution in [0, 0.1) is 19.8 Å². The molecule has 3 rings (SSSR count). The first-order chi connectivity index (χ1) is 16.3. The number of esters is 1. The molecule has 0 unspecified atom stereocenters. The van der Waals surface area contributed by atoms with Crippen molar-refractivity contribution in [2.24, 2.45) is 5.92 Å². The Bertz CT molecular complexity index is 1230. The van der Waals surface area contributed by atoms with Crippen molar-refractivity contribution < 1.29 is 23.9 Å². The van der Waals surface area contributed by atoms with E-state index in [0.29, 0.717) is 10.6 Å². The third-order valence-electron chi connectivity index (χ3n) is 5.62. The standard InChI is InChI=1S/C23H19BrCl4N2O5/c1-8(2)20(23(34)35-7-13(31)29-12-6-5-11(24)9(3)10(12)4)30-21(32)14-15(22(30)33)17(26)19(28)18(27)16(14)25/h5-6,8,20H,7H2,1-4H3,(H,29,31)/t20-/m1/s1. The average Bonchev–Trinajstić information content (AvgIpc) is 3.05. The number of ether oxygens (including phenoxy) is 1. The van der Waals surface area contributed by atoms with Crippen LogP contribution in [-0.4, -0.2) is 41.2 Å². The molecule has 12 heteroatoms. The number of carbonyl (C=O) groups is 4. The van der Waals surface area contributed by atoms with Gasteiger partial charge in [-0.3, -0.25) is 19.3 Å². The zero-order valence-electron chi connectivity index (χ0n) is 18.9. The van der Waals surface area contributed by atoms with E-state index in [9.17, 15) is 19.2 Å². The number of anilines is 1. The van der Waals surface area contributed by atoms with Crippen molar-refractivity contribution in [3.8, 4) is 0 Å². The summed E-state index contributed by atoms with van der Waals surface area (Å²) < 4.78 is 6.08. The van der Waals surface area contributed by atoms with E-state index in [2.05, 4.69) is 21.2 Å². The van der Waals surface area contributed by atoms with Crippen LogP contribution in [0.3, 0.4) is 0 Å². The van der Waals surface area contributed by atoms with Gasteiger partial charge >= 0.3 is 5.97 Å². The van der Waals surface area contributed by atoms with Gasteiger partial charge in [0.15, 0.2) is 6.61 Å². The van der Waals surface area contributed by atoms with Gasteiger partial charge in [0.2, 0.25) is 0 Å². The zero-order chi connectivity index (χ0) is 26.4. The average molecular weight is 625 g/mol. The summed E-state index contributed by atoms with van der Waals surface area (Å²) in [6, 6.07) is 2.15. The lowest BCUT2D eigenvalue weighted by molar-refractivity contribution is -0.152. The summed E-state index contributed by atoms with van der Waals surface area (Å²) in [7, 11) is 0. The SMILES string of the molecule is Cc1c(Br)ccc(NC(=O)COC(=O)[C@@H](C(C)C)N2C(=O)c3c(Cl)c(Cl)c(Cl)c(Cl)c3C2=O)c1C. The molecule has 0 spiro atoms. The largest absolute Gasteiger partial charge is 0.454 e. The van der Waals surface area contributed by atoms with E-state index in [1.807, 2.05) is 13.8 Å². The first-order valence-electron chi connectivity index (χ1n) is 10.3. The maximum Gasteiger partial charge on any atom is 0.330 e. The Morgan fingerprint density at radius 3 is 1.94 bits per heavy atom. The highest BCUT2D eigenvalue weighted by molar-refractivity contribution is 9.10. The summed E-state index contributed by atoms with van der Waals surface area (Å²) >= 11 is 27.9. The Kier molecular flexibility index (Phi) is 8.44. The van der Waals surface area contributed by atoms with Crippen LogP contribution >= 0.6 is 62.3 Å². The number of nitrogens with one attached hydrogen (secondary N) is 1. The fourth-order valence-electron chi connectivity index (χ4n) is 3.63. The quantitative estimate of drug-likeness (QED) is 0.172. The van der Waals surface area contributed by atoms with Crippen LogP contribution < -0.4 is 5.32 Å². The first-order valence-corrected chi connectivity index (χ1v) is 12.6. The summed E-state index contributed by atoms with van der Waals surface area (Å²) in [6.07, 6.45) is 0. The Balaban J connectivity index is 1.81. The number of benzene rings is 2. The third-order valence-corrected chi connectivity index (χ3v) is 8.29. The van der Waals surface area contributed by atoms with E-state index in [4.69, 9.17) is 51.1 Å². The molecule has 7 nitrogen and oxygen atoms in total.